The second-order valence-corrected chi connectivity index (χ2v) is 6.04. The largest absolute Gasteiger partial charge is 0.454 e. The number of nitrogens with one attached hydrogen (secondary N) is 1. The molecule has 1 aliphatic heterocycles. The van der Waals surface area contributed by atoms with E-state index in [1.165, 1.54) is 5.56 Å². The molecule has 2 rings (SSSR count). The van der Waals surface area contributed by atoms with Crippen molar-refractivity contribution in [3.05, 3.63) is 23.8 Å². The second kappa shape index (κ2) is 7.66. The van der Waals surface area contributed by atoms with E-state index in [0.29, 0.717) is 0 Å². The third-order valence-electron chi connectivity index (χ3n) is 4.16. The lowest BCUT2D eigenvalue weighted by Gasteiger charge is -2.34. The van der Waals surface area contributed by atoms with E-state index in [4.69, 9.17) is 15.2 Å². The van der Waals surface area contributed by atoms with Crippen LogP contribution < -0.4 is 20.5 Å². The van der Waals surface area contributed by atoms with Crippen LogP contribution in [-0.2, 0) is 11.2 Å². The molecule has 128 valence electrons. The monoisotopic (exact) mass is 321 g/mol. The number of ether oxygens (including phenoxy) is 2. The maximum absolute atomic E-state index is 11.8. The quantitative estimate of drug-likeness (QED) is 0.744. The zero-order chi connectivity index (χ0) is 17.0. The standard InChI is InChI=1S/C17H27N3O3/c1-5-20(13(4)19-17(21)12(3)18)11(2)8-14-6-7-15-16(9-14)23-10-22-15/h6-7,9,11-13H,5,8,10,18H2,1-4H3,(H,19,21). The molecule has 3 N–H and O–H groups in total. The van der Waals surface area contributed by atoms with Crippen LogP contribution in [0.15, 0.2) is 18.2 Å². The summed E-state index contributed by atoms with van der Waals surface area (Å²) in [6, 6.07) is 5.80. The predicted octanol–water partition coefficient (Wildman–Crippen LogP) is 1.48. The van der Waals surface area contributed by atoms with Crippen molar-refractivity contribution in [1.82, 2.24) is 10.2 Å². The van der Waals surface area contributed by atoms with E-state index in [9.17, 15) is 4.79 Å². The third-order valence-corrected chi connectivity index (χ3v) is 4.16. The van der Waals surface area contributed by atoms with Crippen LogP contribution in [0.5, 0.6) is 11.5 Å². The van der Waals surface area contributed by atoms with Gasteiger partial charge in [0.2, 0.25) is 12.7 Å². The fourth-order valence-corrected chi connectivity index (χ4v) is 2.91. The zero-order valence-electron chi connectivity index (χ0n) is 14.3. The summed E-state index contributed by atoms with van der Waals surface area (Å²) in [6.07, 6.45) is 0.797. The van der Waals surface area contributed by atoms with Gasteiger partial charge in [-0.15, -0.1) is 0 Å². The SMILES string of the molecule is CCN(C(C)Cc1ccc2c(c1)OCO2)C(C)NC(=O)C(C)N. The molecule has 0 aromatic heterocycles. The topological polar surface area (TPSA) is 76.8 Å². The highest BCUT2D eigenvalue weighted by Crippen LogP contribution is 2.33. The number of likely N-dealkylation sites (N-methyl/N-ethyl adjacent to an activating group) is 1. The van der Waals surface area contributed by atoms with Gasteiger partial charge in [-0.05, 0) is 51.4 Å². The number of hydrogen-bond acceptors (Lipinski definition) is 5. The van der Waals surface area contributed by atoms with Gasteiger partial charge >= 0.3 is 0 Å². The van der Waals surface area contributed by atoms with Crippen LogP contribution in [0.4, 0.5) is 0 Å². The first-order valence-electron chi connectivity index (χ1n) is 8.12. The van der Waals surface area contributed by atoms with Crippen molar-refractivity contribution in [2.75, 3.05) is 13.3 Å². The van der Waals surface area contributed by atoms with Gasteiger partial charge in [-0.2, -0.15) is 0 Å². The summed E-state index contributed by atoms with van der Waals surface area (Å²) in [5, 5.41) is 2.96. The first-order valence-corrected chi connectivity index (χ1v) is 8.12. The van der Waals surface area contributed by atoms with Gasteiger partial charge in [0.15, 0.2) is 11.5 Å². The van der Waals surface area contributed by atoms with Crippen LogP contribution in [-0.4, -0.2) is 42.4 Å². The highest BCUT2D eigenvalue weighted by molar-refractivity contribution is 5.81. The maximum atomic E-state index is 11.8. The molecule has 0 spiro atoms. The Bertz CT molecular complexity index is 548. The summed E-state index contributed by atoms with van der Waals surface area (Å²) in [6.45, 7) is 9.05. The Morgan fingerprint density at radius 1 is 1.30 bits per heavy atom. The van der Waals surface area contributed by atoms with Gasteiger partial charge in [-0.25, -0.2) is 0 Å². The van der Waals surface area contributed by atoms with Gasteiger partial charge in [0.05, 0.1) is 12.2 Å². The van der Waals surface area contributed by atoms with E-state index in [2.05, 4.69) is 30.1 Å². The Kier molecular flexibility index (Phi) is 5.85. The van der Waals surface area contributed by atoms with Gasteiger partial charge in [-0.1, -0.05) is 13.0 Å². The van der Waals surface area contributed by atoms with E-state index < -0.39 is 6.04 Å². The Hall–Kier alpha value is -1.79. The van der Waals surface area contributed by atoms with E-state index in [-0.39, 0.29) is 24.9 Å². The summed E-state index contributed by atoms with van der Waals surface area (Å²) in [5.41, 5.74) is 6.81. The second-order valence-electron chi connectivity index (χ2n) is 6.04. The Balaban J connectivity index is 1.99. The number of nitrogens with two attached hydrogens (primary N) is 1. The Morgan fingerprint density at radius 2 is 2.00 bits per heavy atom. The summed E-state index contributed by atoms with van der Waals surface area (Å²) in [7, 11) is 0. The first kappa shape index (κ1) is 17.6. The molecule has 0 saturated carbocycles. The van der Waals surface area contributed by atoms with Crippen LogP contribution >= 0.6 is 0 Å². The van der Waals surface area contributed by atoms with Crippen LogP contribution in [0.1, 0.15) is 33.3 Å². The minimum atomic E-state index is -0.500. The van der Waals surface area contributed by atoms with E-state index in [0.717, 1.165) is 24.5 Å². The highest BCUT2D eigenvalue weighted by Gasteiger charge is 2.22. The van der Waals surface area contributed by atoms with Crippen molar-refractivity contribution in [3.63, 3.8) is 0 Å². The fourth-order valence-electron chi connectivity index (χ4n) is 2.91. The normalized spacial score (nSPS) is 17.0. The number of nitrogens with zero attached hydrogens (tertiary/aromatic N) is 1. The average molecular weight is 321 g/mol. The predicted molar refractivity (Wildman–Crippen MR) is 89.4 cm³/mol. The molecule has 23 heavy (non-hydrogen) atoms. The molecule has 1 aromatic rings. The van der Waals surface area contributed by atoms with Gasteiger partial charge < -0.3 is 20.5 Å². The zero-order valence-corrected chi connectivity index (χ0v) is 14.3. The van der Waals surface area contributed by atoms with Crippen LogP contribution in [0.3, 0.4) is 0 Å². The highest BCUT2D eigenvalue weighted by atomic mass is 16.7. The number of benzene rings is 1. The summed E-state index contributed by atoms with van der Waals surface area (Å²) < 4.78 is 10.8. The Morgan fingerprint density at radius 3 is 2.65 bits per heavy atom. The van der Waals surface area contributed by atoms with E-state index in [1.807, 2.05) is 19.1 Å². The average Bonchev–Trinajstić information content (AvgIpc) is 2.95. The molecule has 1 amide bonds. The van der Waals surface area contributed by atoms with Gasteiger partial charge in [0.25, 0.3) is 0 Å². The molecule has 3 atom stereocenters. The molecule has 0 fully saturated rings. The molecule has 1 aromatic carbocycles. The maximum Gasteiger partial charge on any atom is 0.237 e. The molecule has 3 unspecified atom stereocenters. The van der Waals surface area contributed by atoms with E-state index >= 15 is 0 Å². The molecule has 1 heterocycles. The molecular formula is C17H27N3O3. The summed E-state index contributed by atoms with van der Waals surface area (Å²) in [4.78, 5) is 14.0. The van der Waals surface area contributed by atoms with Gasteiger partial charge in [0, 0.05) is 6.04 Å². The third kappa shape index (κ3) is 4.36. The molecule has 0 aliphatic carbocycles. The van der Waals surface area contributed by atoms with E-state index in [1.54, 1.807) is 6.92 Å². The lowest BCUT2D eigenvalue weighted by Crippen LogP contribution is -2.53. The number of rotatable bonds is 7. The van der Waals surface area contributed by atoms with Crippen molar-refractivity contribution in [1.29, 1.82) is 0 Å². The van der Waals surface area contributed by atoms with Crippen molar-refractivity contribution >= 4 is 5.91 Å². The first-order chi connectivity index (χ1) is 10.9. The summed E-state index contributed by atoms with van der Waals surface area (Å²) in [5.74, 6) is 1.47. The van der Waals surface area contributed by atoms with Gasteiger partial charge in [0.1, 0.15) is 0 Å². The van der Waals surface area contributed by atoms with Crippen molar-refractivity contribution in [2.24, 2.45) is 5.73 Å². The molecule has 6 nitrogen and oxygen atoms in total. The number of amides is 1. The number of carbonyl (C=O) groups is 1. The Labute approximate surface area is 137 Å². The number of fused-ring (bicyclic) bond motifs is 1. The molecule has 0 bridgehead atoms. The molecule has 0 radical (unpaired) electrons. The van der Waals surface area contributed by atoms with Crippen LogP contribution in [0.25, 0.3) is 0 Å². The smallest absolute Gasteiger partial charge is 0.237 e. The minimum absolute atomic E-state index is 0.0671. The van der Waals surface area contributed by atoms with Crippen molar-refractivity contribution < 1.29 is 14.3 Å². The fraction of sp³-hybridized carbons (Fsp3) is 0.588. The molecular weight excluding hydrogens is 294 g/mol. The van der Waals surface area contributed by atoms with Crippen LogP contribution in [0, 0.1) is 0 Å². The minimum Gasteiger partial charge on any atom is -0.454 e. The van der Waals surface area contributed by atoms with Crippen LogP contribution in [0.2, 0.25) is 0 Å². The molecule has 0 saturated heterocycles. The number of hydrogen-bond donors (Lipinski definition) is 2. The van der Waals surface area contributed by atoms with Crippen molar-refractivity contribution in [2.45, 2.75) is 52.4 Å². The summed E-state index contributed by atoms with van der Waals surface area (Å²) >= 11 is 0. The lowest BCUT2D eigenvalue weighted by atomic mass is 10.0. The van der Waals surface area contributed by atoms with Gasteiger partial charge in [-0.3, -0.25) is 9.69 Å². The van der Waals surface area contributed by atoms with Crippen molar-refractivity contribution in [3.8, 4) is 11.5 Å². The lowest BCUT2D eigenvalue weighted by molar-refractivity contribution is -0.124. The number of carbonyl (C=O) groups excluding carboxylic acids is 1. The molecule has 1 aliphatic rings. The molecule has 6 heteroatoms.